The molecule has 27 heavy (non-hydrogen) atoms. The van der Waals surface area contributed by atoms with Gasteiger partial charge in [0.1, 0.15) is 5.82 Å². The van der Waals surface area contributed by atoms with Crippen LogP contribution in [0.3, 0.4) is 0 Å². The first-order chi connectivity index (χ1) is 13.1. The Morgan fingerprint density at radius 2 is 1.59 bits per heavy atom. The van der Waals surface area contributed by atoms with Crippen molar-refractivity contribution in [2.24, 2.45) is 0 Å². The number of carbonyl (C=O) groups excluding carboxylic acids is 1. The van der Waals surface area contributed by atoms with Crippen molar-refractivity contribution in [2.75, 3.05) is 44.7 Å². The van der Waals surface area contributed by atoms with Crippen molar-refractivity contribution in [1.29, 1.82) is 0 Å². The number of hydrogen-bond donors (Lipinski definition) is 1. The maximum absolute atomic E-state index is 12.9. The number of aryl methyl sites for hydroxylation is 1. The van der Waals surface area contributed by atoms with Gasteiger partial charge >= 0.3 is 0 Å². The number of piperazine rings is 1. The third-order valence-electron chi connectivity index (χ3n) is 5.05. The Bertz CT molecular complexity index is 722. The lowest BCUT2D eigenvalue weighted by atomic mass is 10.1. The lowest BCUT2D eigenvalue weighted by molar-refractivity contribution is -0.120. The molecule has 0 spiro atoms. The van der Waals surface area contributed by atoms with Crippen molar-refractivity contribution >= 4 is 11.6 Å². The largest absolute Gasteiger partial charge is 0.369 e. The highest BCUT2D eigenvalue weighted by Crippen LogP contribution is 2.17. The zero-order valence-corrected chi connectivity index (χ0v) is 16.0. The third-order valence-corrected chi connectivity index (χ3v) is 5.05. The minimum Gasteiger partial charge on any atom is -0.369 e. The van der Waals surface area contributed by atoms with Gasteiger partial charge in [-0.25, -0.2) is 4.39 Å². The Morgan fingerprint density at radius 1 is 0.963 bits per heavy atom. The number of rotatable bonds is 7. The number of carbonyl (C=O) groups is 1. The van der Waals surface area contributed by atoms with Gasteiger partial charge < -0.3 is 15.1 Å². The summed E-state index contributed by atoms with van der Waals surface area (Å²) in [7, 11) is 2.17. The van der Waals surface area contributed by atoms with Crippen LogP contribution in [-0.4, -0.2) is 50.6 Å². The van der Waals surface area contributed by atoms with E-state index >= 15 is 0 Å². The average molecular weight is 369 g/mol. The molecule has 5 heteroatoms. The summed E-state index contributed by atoms with van der Waals surface area (Å²) in [4.78, 5) is 16.7. The Labute approximate surface area is 161 Å². The molecule has 2 aromatic rings. The van der Waals surface area contributed by atoms with E-state index in [1.165, 1.54) is 23.4 Å². The standard InChI is InChI=1S/C22H28FN3O/c1-25-13-15-26(16-14-25)21-10-6-18(7-11-21)3-2-12-24-22(27)17-19-4-8-20(23)9-5-19/h4-11H,2-3,12-17H2,1H3,(H,24,27). The van der Waals surface area contributed by atoms with Crippen LogP contribution in [0.4, 0.5) is 10.1 Å². The van der Waals surface area contributed by atoms with Gasteiger partial charge in [-0.15, -0.1) is 0 Å². The molecule has 0 saturated carbocycles. The molecule has 1 fully saturated rings. The predicted octanol–water partition coefficient (Wildman–Crippen LogP) is 2.87. The fourth-order valence-corrected chi connectivity index (χ4v) is 3.31. The highest BCUT2D eigenvalue weighted by atomic mass is 19.1. The number of anilines is 1. The number of benzene rings is 2. The zero-order chi connectivity index (χ0) is 19.1. The van der Waals surface area contributed by atoms with Gasteiger partial charge in [-0.05, 0) is 55.3 Å². The van der Waals surface area contributed by atoms with E-state index in [-0.39, 0.29) is 11.7 Å². The molecule has 1 heterocycles. The molecule has 1 amide bonds. The first-order valence-electron chi connectivity index (χ1n) is 9.64. The summed E-state index contributed by atoms with van der Waals surface area (Å²) in [6.45, 7) is 5.03. The van der Waals surface area contributed by atoms with Gasteiger partial charge in [0, 0.05) is 38.4 Å². The van der Waals surface area contributed by atoms with Crippen molar-refractivity contribution in [3.8, 4) is 0 Å². The molecular weight excluding hydrogens is 341 g/mol. The maximum atomic E-state index is 12.9. The second kappa shape index (κ2) is 9.51. The monoisotopic (exact) mass is 369 g/mol. The predicted molar refractivity (Wildman–Crippen MR) is 108 cm³/mol. The molecule has 0 aliphatic carbocycles. The van der Waals surface area contributed by atoms with E-state index < -0.39 is 0 Å². The van der Waals surface area contributed by atoms with Crippen LogP contribution in [0, 0.1) is 5.82 Å². The highest BCUT2D eigenvalue weighted by molar-refractivity contribution is 5.78. The molecule has 0 radical (unpaired) electrons. The number of likely N-dealkylation sites (N-methyl/N-ethyl adjacent to an activating group) is 1. The Morgan fingerprint density at radius 3 is 2.26 bits per heavy atom. The van der Waals surface area contributed by atoms with E-state index in [1.54, 1.807) is 12.1 Å². The third kappa shape index (κ3) is 6.07. The van der Waals surface area contributed by atoms with Crippen molar-refractivity contribution < 1.29 is 9.18 Å². The van der Waals surface area contributed by atoms with E-state index in [0.29, 0.717) is 13.0 Å². The van der Waals surface area contributed by atoms with Crippen LogP contribution in [0.5, 0.6) is 0 Å². The molecule has 0 aromatic heterocycles. The first-order valence-corrected chi connectivity index (χ1v) is 9.64. The van der Waals surface area contributed by atoms with E-state index in [1.807, 2.05) is 0 Å². The SMILES string of the molecule is CN1CCN(c2ccc(CCCNC(=O)Cc3ccc(F)cc3)cc2)CC1. The van der Waals surface area contributed by atoms with Crippen LogP contribution in [0.25, 0.3) is 0 Å². The number of hydrogen-bond acceptors (Lipinski definition) is 3. The molecule has 0 bridgehead atoms. The van der Waals surface area contributed by atoms with Crippen LogP contribution in [0.15, 0.2) is 48.5 Å². The van der Waals surface area contributed by atoms with Crippen LogP contribution in [0.1, 0.15) is 17.5 Å². The minimum atomic E-state index is -0.280. The molecule has 1 aliphatic heterocycles. The second-order valence-corrected chi connectivity index (χ2v) is 7.21. The summed E-state index contributed by atoms with van der Waals surface area (Å²) in [5.74, 6) is -0.301. The number of nitrogens with zero attached hydrogens (tertiary/aromatic N) is 2. The van der Waals surface area contributed by atoms with E-state index in [0.717, 1.165) is 44.6 Å². The van der Waals surface area contributed by atoms with Crippen molar-refractivity contribution in [2.45, 2.75) is 19.3 Å². The second-order valence-electron chi connectivity index (χ2n) is 7.21. The van der Waals surface area contributed by atoms with Gasteiger partial charge in [-0.3, -0.25) is 4.79 Å². The normalized spacial score (nSPS) is 15.0. The summed E-state index contributed by atoms with van der Waals surface area (Å²) in [5, 5.41) is 2.94. The minimum absolute atomic E-state index is 0.0213. The van der Waals surface area contributed by atoms with Crippen molar-refractivity contribution in [1.82, 2.24) is 10.2 Å². The van der Waals surface area contributed by atoms with Crippen LogP contribution in [-0.2, 0) is 17.6 Å². The van der Waals surface area contributed by atoms with Crippen molar-refractivity contribution in [3.05, 3.63) is 65.5 Å². The molecule has 3 rings (SSSR count). The maximum Gasteiger partial charge on any atom is 0.224 e. The average Bonchev–Trinajstić information content (AvgIpc) is 2.68. The Hall–Kier alpha value is -2.40. The Balaban J connectivity index is 1.36. The van der Waals surface area contributed by atoms with Gasteiger partial charge in [-0.1, -0.05) is 24.3 Å². The molecule has 144 valence electrons. The van der Waals surface area contributed by atoms with Crippen LogP contribution in [0.2, 0.25) is 0 Å². The first kappa shape index (κ1) is 19.4. The Kier molecular flexibility index (Phi) is 6.82. The number of nitrogens with one attached hydrogen (secondary N) is 1. The van der Waals surface area contributed by atoms with Crippen LogP contribution >= 0.6 is 0 Å². The van der Waals surface area contributed by atoms with Crippen LogP contribution < -0.4 is 10.2 Å². The highest BCUT2D eigenvalue weighted by Gasteiger charge is 2.13. The quantitative estimate of drug-likeness (QED) is 0.763. The molecule has 1 saturated heterocycles. The lowest BCUT2D eigenvalue weighted by Crippen LogP contribution is -2.44. The van der Waals surface area contributed by atoms with Gasteiger partial charge in [-0.2, -0.15) is 0 Å². The zero-order valence-electron chi connectivity index (χ0n) is 16.0. The summed E-state index contributed by atoms with van der Waals surface area (Å²) in [6.07, 6.45) is 2.14. The fraction of sp³-hybridized carbons (Fsp3) is 0.409. The topological polar surface area (TPSA) is 35.6 Å². The molecular formula is C22H28FN3O. The smallest absolute Gasteiger partial charge is 0.224 e. The van der Waals surface area contributed by atoms with Gasteiger partial charge in [0.05, 0.1) is 6.42 Å². The fourth-order valence-electron chi connectivity index (χ4n) is 3.31. The molecule has 0 atom stereocenters. The summed E-state index contributed by atoms with van der Waals surface area (Å²) in [6, 6.07) is 14.8. The van der Waals surface area contributed by atoms with Gasteiger partial charge in [0.15, 0.2) is 0 Å². The van der Waals surface area contributed by atoms with Gasteiger partial charge in [0.2, 0.25) is 5.91 Å². The number of amides is 1. The molecule has 1 aliphatic rings. The van der Waals surface area contributed by atoms with Crippen molar-refractivity contribution in [3.63, 3.8) is 0 Å². The molecule has 2 aromatic carbocycles. The van der Waals surface area contributed by atoms with E-state index in [2.05, 4.69) is 46.4 Å². The number of halogens is 1. The summed E-state index contributed by atoms with van der Waals surface area (Å²) < 4.78 is 12.9. The summed E-state index contributed by atoms with van der Waals surface area (Å²) in [5.41, 5.74) is 3.41. The molecule has 4 nitrogen and oxygen atoms in total. The molecule has 0 unspecified atom stereocenters. The summed E-state index contributed by atoms with van der Waals surface area (Å²) >= 11 is 0. The van der Waals surface area contributed by atoms with E-state index in [9.17, 15) is 9.18 Å². The van der Waals surface area contributed by atoms with E-state index in [4.69, 9.17) is 0 Å². The lowest BCUT2D eigenvalue weighted by Gasteiger charge is -2.34. The van der Waals surface area contributed by atoms with Gasteiger partial charge in [0.25, 0.3) is 0 Å². The molecule has 1 N–H and O–H groups in total.